The van der Waals surface area contributed by atoms with Gasteiger partial charge in [-0.25, -0.2) is 9.97 Å². The maximum Gasteiger partial charge on any atom is 0.138 e. The summed E-state index contributed by atoms with van der Waals surface area (Å²) in [5, 5.41) is 7.77. The van der Waals surface area contributed by atoms with Gasteiger partial charge < -0.3 is 0 Å². The minimum atomic E-state index is 0.166. The summed E-state index contributed by atoms with van der Waals surface area (Å²) in [5.41, 5.74) is 4.62. The Morgan fingerprint density at radius 3 is 2.31 bits per heavy atom. The first-order valence-corrected chi connectivity index (χ1v) is 13.5. The van der Waals surface area contributed by atoms with E-state index in [0.29, 0.717) is 0 Å². The molecule has 2 aromatic heterocycles. The molecule has 1 unspecified atom stereocenters. The zero-order valence-corrected chi connectivity index (χ0v) is 21.3. The number of fused-ring (bicyclic) bond motifs is 6. The lowest BCUT2D eigenvalue weighted by Gasteiger charge is -2.19. The minimum Gasteiger partial charge on any atom is -0.280 e. The predicted molar refractivity (Wildman–Crippen MR) is 162 cm³/mol. The van der Waals surface area contributed by atoms with Crippen molar-refractivity contribution in [2.24, 2.45) is 0 Å². The van der Waals surface area contributed by atoms with E-state index < -0.39 is 0 Å². The highest BCUT2D eigenvalue weighted by Crippen LogP contribution is 2.39. The molecule has 0 saturated heterocycles. The van der Waals surface area contributed by atoms with Gasteiger partial charge in [-0.1, -0.05) is 97.1 Å². The first-order valence-electron chi connectivity index (χ1n) is 13.5. The van der Waals surface area contributed by atoms with E-state index in [4.69, 9.17) is 4.98 Å². The van der Waals surface area contributed by atoms with Crippen molar-refractivity contribution >= 4 is 48.9 Å². The number of rotatable bonds is 3. The fraction of sp³-hybridized carbons (Fsp3) is 0.0556. The van der Waals surface area contributed by atoms with Gasteiger partial charge in [-0.05, 0) is 80.2 Å². The van der Waals surface area contributed by atoms with Gasteiger partial charge in [-0.3, -0.25) is 4.57 Å². The Morgan fingerprint density at radius 1 is 0.692 bits per heavy atom. The van der Waals surface area contributed by atoms with Crippen molar-refractivity contribution in [3.63, 3.8) is 0 Å². The number of pyridine rings is 1. The van der Waals surface area contributed by atoms with Gasteiger partial charge in [0.05, 0.1) is 11.0 Å². The molecule has 0 radical (unpaired) electrons. The van der Waals surface area contributed by atoms with E-state index in [0.717, 1.165) is 29.1 Å². The molecular formula is C36H25N3. The lowest BCUT2D eigenvalue weighted by molar-refractivity contribution is 0.753. The highest BCUT2D eigenvalue weighted by atomic mass is 15.1. The average molecular weight is 500 g/mol. The smallest absolute Gasteiger partial charge is 0.138 e. The number of imidazole rings is 1. The number of para-hydroxylation sites is 2. The molecule has 1 atom stereocenters. The van der Waals surface area contributed by atoms with Crippen molar-refractivity contribution in [1.82, 2.24) is 14.5 Å². The van der Waals surface area contributed by atoms with Gasteiger partial charge in [0.2, 0.25) is 0 Å². The number of allylic oxidation sites excluding steroid dienone is 4. The molecule has 0 fully saturated rings. The molecular weight excluding hydrogens is 474 g/mol. The lowest BCUT2D eigenvalue weighted by atomic mass is 9.87. The summed E-state index contributed by atoms with van der Waals surface area (Å²) in [6.07, 6.45) is 9.70. The summed E-state index contributed by atoms with van der Waals surface area (Å²) in [6, 6.07) is 38.7. The van der Waals surface area contributed by atoms with Gasteiger partial charge in [0.1, 0.15) is 11.6 Å². The van der Waals surface area contributed by atoms with E-state index >= 15 is 0 Å². The van der Waals surface area contributed by atoms with E-state index in [-0.39, 0.29) is 5.92 Å². The van der Waals surface area contributed by atoms with Crippen LogP contribution in [0, 0.1) is 0 Å². The first-order chi connectivity index (χ1) is 19.3. The van der Waals surface area contributed by atoms with Crippen molar-refractivity contribution < 1.29 is 0 Å². The third-order valence-electron chi connectivity index (χ3n) is 7.96. The minimum absolute atomic E-state index is 0.166. The topological polar surface area (TPSA) is 30.7 Å². The molecule has 184 valence electrons. The molecule has 3 nitrogen and oxygen atoms in total. The molecule has 0 spiro atoms. The number of hydrogen-bond acceptors (Lipinski definition) is 2. The molecule has 3 heteroatoms. The number of aromatic nitrogens is 3. The summed E-state index contributed by atoms with van der Waals surface area (Å²) in [6.45, 7) is 0. The third kappa shape index (κ3) is 3.51. The Morgan fingerprint density at radius 2 is 1.46 bits per heavy atom. The Bertz CT molecular complexity index is 2100. The van der Waals surface area contributed by atoms with Gasteiger partial charge in [-0.2, -0.15) is 0 Å². The van der Waals surface area contributed by atoms with E-state index in [1.165, 1.54) is 43.5 Å². The molecule has 0 saturated carbocycles. The summed E-state index contributed by atoms with van der Waals surface area (Å²) in [4.78, 5) is 9.73. The van der Waals surface area contributed by atoms with Crippen LogP contribution in [-0.2, 0) is 0 Å². The molecule has 7 aromatic rings. The molecule has 0 bridgehead atoms. The van der Waals surface area contributed by atoms with Crippen molar-refractivity contribution in [2.75, 3.05) is 0 Å². The molecule has 39 heavy (non-hydrogen) atoms. The Hall–Kier alpha value is -5.02. The average Bonchev–Trinajstić information content (AvgIpc) is 3.40. The van der Waals surface area contributed by atoms with Crippen LogP contribution < -0.4 is 0 Å². The molecule has 8 rings (SSSR count). The van der Waals surface area contributed by atoms with Crippen LogP contribution in [-0.4, -0.2) is 14.5 Å². The van der Waals surface area contributed by atoms with Crippen LogP contribution >= 0.6 is 0 Å². The van der Waals surface area contributed by atoms with Gasteiger partial charge in [0, 0.05) is 12.1 Å². The Balaban J connectivity index is 1.25. The lowest BCUT2D eigenvalue weighted by Crippen LogP contribution is -2.09. The SMILES string of the molecule is C1=CC(c2nc3ccccc3n2-c2ccccn2)CC=C1c1cc2ccc3ccccc3c2c2ccccc12. The first kappa shape index (κ1) is 22.0. The third-order valence-corrected chi connectivity index (χ3v) is 7.96. The van der Waals surface area contributed by atoms with Crippen LogP contribution in [0.1, 0.15) is 23.7 Å². The second-order valence-corrected chi connectivity index (χ2v) is 10.2. The zero-order chi connectivity index (χ0) is 25.8. The monoisotopic (exact) mass is 499 g/mol. The van der Waals surface area contributed by atoms with E-state index in [2.05, 4.69) is 119 Å². The van der Waals surface area contributed by atoms with E-state index in [9.17, 15) is 0 Å². The van der Waals surface area contributed by atoms with Gasteiger partial charge in [-0.15, -0.1) is 0 Å². The van der Waals surface area contributed by atoms with Crippen LogP contribution in [0.5, 0.6) is 0 Å². The van der Waals surface area contributed by atoms with Crippen LogP contribution in [0.15, 0.2) is 134 Å². The Kier molecular flexibility index (Phi) is 4.95. The van der Waals surface area contributed by atoms with Crippen LogP contribution in [0.4, 0.5) is 0 Å². The van der Waals surface area contributed by atoms with E-state index in [1.807, 2.05) is 24.4 Å². The quantitative estimate of drug-likeness (QED) is 0.227. The maximum atomic E-state index is 5.07. The fourth-order valence-corrected chi connectivity index (χ4v) is 6.15. The van der Waals surface area contributed by atoms with Gasteiger partial charge in [0.25, 0.3) is 0 Å². The summed E-state index contributed by atoms with van der Waals surface area (Å²) < 4.78 is 2.21. The number of nitrogens with zero attached hydrogens (tertiary/aromatic N) is 3. The molecule has 1 aliphatic rings. The van der Waals surface area contributed by atoms with E-state index in [1.54, 1.807) is 0 Å². The zero-order valence-electron chi connectivity index (χ0n) is 21.3. The standard InChI is InChI=1S/C36H25N3/c1-2-10-28-24(9-1)18-21-27-23-31(29-11-3-4-12-30(29)35(27)28)25-16-19-26(20-17-25)36-38-32-13-5-6-14-33(32)39(36)34-15-7-8-22-37-34/h1-19,21-23,26H,20H2. The van der Waals surface area contributed by atoms with Crippen molar-refractivity contribution in [3.8, 4) is 5.82 Å². The maximum absolute atomic E-state index is 5.07. The normalized spacial score (nSPS) is 15.4. The van der Waals surface area contributed by atoms with Crippen molar-refractivity contribution in [2.45, 2.75) is 12.3 Å². The highest BCUT2D eigenvalue weighted by Gasteiger charge is 2.22. The molecule has 2 heterocycles. The molecule has 0 N–H and O–H groups in total. The largest absolute Gasteiger partial charge is 0.280 e. The van der Waals surface area contributed by atoms with Crippen molar-refractivity contribution in [3.05, 3.63) is 145 Å². The van der Waals surface area contributed by atoms with Gasteiger partial charge in [0.15, 0.2) is 0 Å². The summed E-state index contributed by atoms with van der Waals surface area (Å²) >= 11 is 0. The molecule has 5 aromatic carbocycles. The van der Waals surface area contributed by atoms with Gasteiger partial charge >= 0.3 is 0 Å². The second kappa shape index (κ2) is 8.78. The Labute approximate surface area is 226 Å². The fourth-order valence-electron chi connectivity index (χ4n) is 6.15. The summed E-state index contributed by atoms with van der Waals surface area (Å²) in [5.74, 6) is 2.09. The van der Waals surface area contributed by atoms with Crippen molar-refractivity contribution in [1.29, 1.82) is 0 Å². The second-order valence-electron chi connectivity index (χ2n) is 10.2. The molecule has 0 aliphatic heterocycles. The van der Waals surface area contributed by atoms with Crippen LogP contribution in [0.2, 0.25) is 0 Å². The molecule has 1 aliphatic carbocycles. The molecule has 0 amide bonds. The summed E-state index contributed by atoms with van der Waals surface area (Å²) in [7, 11) is 0. The van der Waals surface area contributed by atoms with Crippen LogP contribution in [0.25, 0.3) is 54.7 Å². The number of hydrogen-bond donors (Lipinski definition) is 0. The highest BCUT2D eigenvalue weighted by molar-refractivity contribution is 6.22. The number of benzene rings is 5. The predicted octanol–water partition coefficient (Wildman–Crippen LogP) is 9.01. The van der Waals surface area contributed by atoms with Crippen LogP contribution in [0.3, 0.4) is 0 Å².